The van der Waals surface area contributed by atoms with Gasteiger partial charge in [-0.2, -0.15) is 0 Å². The van der Waals surface area contributed by atoms with Crippen LogP contribution in [0.1, 0.15) is 60.2 Å². The fourth-order valence-corrected chi connectivity index (χ4v) is 5.03. The molecule has 0 N–H and O–H groups in total. The summed E-state index contributed by atoms with van der Waals surface area (Å²) in [5.41, 5.74) is -0.462. The second-order valence-corrected chi connectivity index (χ2v) is 9.18. The maximum absolute atomic E-state index is 14.2. The molecule has 2 saturated heterocycles. The number of hydrogen-bond acceptors (Lipinski definition) is 7. The Balaban J connectivity index is 1.42. The van der Waals surface area contributed by atoms with Crippen molar-refractivity contribution in [3.8, 4) is 0 Å². The molecule has 3 aliphatic heterocycles. The summed E-state index contributed by atoms with van der Waals surface area (Å²) in [4.78, 5) is 67.5. The molecule has 4 rings (SSSR count). The third-order valence-corrected chi connectivity index (χ3v) is 6.66. The first kappa shape index (κ1) is 24.0. The van der Waals surface area contributed by atoms with Crippen LogP contribution in [0.5, 0.6) is 0 Å². The Hall–Kier alpha value is -3.14. The summed E-state index contributed by atoms with van der Waals surface area (Å²) in [5, 5.41) is 0. The minimum atomic E-state index is -1.21. The van der Waals surface area contributed by atoms with Crippen LogP contribution < -0.4 is 0 Å². The average molecular weight is 474 g/mol. The Labute approximate surface area is 196 Å². The largest absolute Gasteiger partial charge is 0.463 e. The lowest BCUT2D eigenvalue weighted by Crippen LogP contribution is -2.56. The van der Waals surface area contributed by atoms with E-state index in [1.54, 1.807) is 0 Å². The van der Waals surface area contributed by atoms with Gasteiger partial charge in [-0.1, -0.05) is 19.9 Å². The lowest BCUT2D eigenvalue weighted by atomic mass is 10.0. The van der Waals surface area contributed by atoms with Crippen LogP contribution in [0.3, 0.4) is 0 Å². The molecule has 4 amide bonds. The molecule has 2 fully saturated rings. The summed E-state index contributed by atoms with van der Waals surface area (Å²) in [5.74, 6) is -4.04. The number of piperidine rings is 1. The maximum Gasteiger partial charge on any atom is 0.323 e. The van der Waals surface area contributed by atoms with E-state index in [-0.39, 0.29) is 43.0 Å². The van der Waals surface area contributed by atoms with Crippen LogP contribution in [0.15, 0.2) is 18.2 Å². The van der Waals surface area contributed by atoms with Crippen LogP contribution in [0, 0.1) is 11.7 Å². The van der Waals surface area contributed by atoms with Crippen molar-refractivity contribution in [2.24, 2.45) is 5.92 Å². The van der Waals surface area contributed by atoms with Crippen molar-refractivity contribution in [3.05, 3.63) is 35.1 Å². The van der Waals surface area contributed by atoms with Gasteiger partial charge in [0.1, 0.15) is 24.5 Å². The number of rotatable bonds is 7. The van der Waals surface area contributed by atoms with Crippen molar-refractivity contribution >= 4 is 29.6 Å². The molecule has 3 heterocycles. The number of hydrogen-bond donors (Lipinski definition) is 0. The SMILES string of the molecule is CC(C)[C@@H](C(=O)OCCN1C(=O)CCC(N2C(=O)c3cccc(F)c3C2=O)C1=O)N1CCCC1. The minimum absolute atomic E-state index is 0.0363. The van der Waals surface area contributed by atoms with E-state index in [2.05, 4.69) is 4.90 Å². The smallest absolute Gasteiger partial charge is 0.323 e. The number of likely N-dealkylation sites (tertiary alicyclic amines) is 2. The normalized spacial score (nSPS) is 22.1. The van der Waals surface area contributed by atoms with Gasteiger partial charge in [0.2, 0.25) is 5.91 Å². The zero-order valence-corrected chi connectivity index (χ0v) is 19.3. The first-order valence-electron chi connectivity index (χ1n) is 11.6. The Morgan fingerprint density at radius 1 is 1.12 bits per heavy atom. The summed E-state index contributed by atoms with van der Waals surface area (Å²) >= 11 is 0. The van der Waals surface area contributed by atoms with Crippen LogP contribution in [0.25, 0.3) is 0 Å². The number of ether oxygens (including phenoxy) is 1. The van der Waals surface area contributed by atoms with E-state index in [1.807, 2.05) is 13.8 Å². The van der Waals surface area contributed by atoms with Gasteiger partial charge in [0.15, 0.2) is 0 Å². The van der Waals surface area contributed by atoms with Crippen molar-refractivity contribution in [1.82, 2.24) is 14.7 Å². The number of nitrogens with zero attached hydrogens (tertiary/aromatic N) is 3. The van der Waals surface area contributed by atoms with Gasteiger partial charge < -0.3 is 4.74 Å². The molecule has 0 saturated carbocycles. The topological polar surface area (TPSA) is 104 Å². The number of carbonyl (C=O) groups excluding carboxylic acids is 5. The molecule has 2 atom stereocenters. The zero-order chi connectivity index (χ0) is 24.6. The predicted molar refractivity (Wildman–Crippen MR) is 117 cm³/mol. The van der Waals surface area contributed by atoms with Crippen molar-refractivity contribution in [3.63, 3.8) is 0 Å². The molecular formula is C24H28FN3O6. The fourth-order valence-electron chi connectivity index (χ4n) is 5.03. The van der Waals surface area contributed by atoms with E-state index >= 15 is 0 Å². The fraction of sp³-hybridized carbons (Fsp3) is 0.542. The van der Waals surface area contributed by atoms with Gasteiger partial charge in [0.25, 0.3) is 17.7 Å². The Bertz CT molecular complexity index is 1040. The standard InChI is InChI=1S/C24H28FN3O6/c1-14(2)20(26-10-3-4-11-26)24(33)34-13-12-27-18(29)9-8-17(22(27)31)28-21(30)15-6-5-7-16(25)19(15)23(28)32/h5-7,14,17,20H,3-4,8-13H2,1-2H3/t17?,20-/m0/s1. The first-order valence-corrected chi connectivity index (χ1v) is 11.6. The quantitative estimate of drug-likeness (QED) is 0.438. The summed E-state index contributed by atoms with van der Waals surface area (Å²) in [6, 6.07) is 2.12. The van der Waals surface area contributed by atoms with E-state index in [9.17, 15) is 28.4 Å². The average Bonchev–Trinajstić information content (AvgIpc) is 3.39. The minimum Gasteiger partial charge on any atom is -0.463 e. The van der Waals surface area contributed by atoms with E-state index < -0.39 is 47.5 Å². The highest BCUT2D eigenvalue weighted by Crippen LogP contribution is 2.30. The van der Waals surface area contributed by atoms with E-state index in [4.69, 9.17) is 4.74 Å². The molecule has 10 heteroatoms. The molecule has 0 radical (unpaired) electrons. The summed E-state index contributed by atoms with van der Waals surface area (Å²) in [6.45, 7) is 5.17. The predicted octanol–water partition coefficient (Wildman–Crippen LogP) is 1.60. The lowest BCUT2D eigenvalue weighted by molar-refractivity contribution is -0.158. The van der Waals surface area contributed by atoms with Crippen LogP contribution >= 0.6 is 0 Å². The molecule has 1 aromatic rings. The number of benzene rings is 1. The summed E-state index contributed by atoms with van der Waals surface area (Å²) < 4.78 is 19.6. The molecule has 9 nitrogen and oxygen atoms in total. The van der Waals surface area contributed by atoms with E-state index in [1.165, 1.54) is 12.1 Å². The zero-order valence-electron chi connectivity index (χ0n) is 19.3. The van der Waals surface area contributed by atoms with Gasteiger partial charge >= 0.3 is 5.97 Å². The van der Waals surface area contributed by atoms with Crippen molar-refractivity contribution in [2.75, 3.05) is 26.2 Å². The highest BCUT2D eigenvalue weighted by atomic mass is 19.1. The highest BCUT2D eigenvalue weighted by Gasteiger charge is 2.48. The molecule has 0 spiro atoms. The van der Waals surface area contributed by atoms with E-state index in [0.717, 1.165) is 41.8 Å². The third kappa shape index (κ3) is 4.22. The molecular weight excluding hydrogens is 445 g/mol. The van der Waals surface area contributed by atoms with Crippen molar-refractivity contribution in [1.29, 1.82) is 0 Å². The Morgan fingerprint density at radius 2 is 1.82 bits per heavy atom. The van der Waals surface area contributed by atoms with Gasteiger partial charge in [-0.3, -0.25) is 38.7 Å². The van der Waals surface area contributed by atoms with Gasteiger partial charge in [-0.25, -0.2) is 4.39 Å². The summed E-state index contributed by atoms with van der Waals surface area (Å²) in [6.07, 6.45) is 1.95. The Kier molecular flexibility index (Phi) is 6.79. The number of fused-ring (bicyclic) bond motifs is 1. The maximum atomic E-state index is 14.2. The molecule has 182 valence electrons. The van der Waals surface area contributed by atoms with Crippen LogP contribution in [0.4, 0.5) is 4.39 Å². The van der Waals surface area contributed by atoms with Gasteiger partial charge in [-0.05, 0) is 50.4 Å². The highest BCUT2D eigenvalue weighted by molar-refractivity contribution is 6.23. The van der Waals surface area contributed by atoms with Crippen LogP contribution in [0.2, 0.25) is 0 Å². The van der Waals surface area contributed by atoms with Gasteiger partial charge in [0.05, 0.1) is 17.7 Å². The first-order chi connectivity index (χ1) is 16.2. The number of esters is 1. The Morgan fingerprint density at radius 3 is 2.47 bits per heavy atom. The number of carbonyl (C=O) groups is 5. The van der Waals surface area contributed by atoms with Crippen LogP contribution in [-0.4, -0.2) is 82.6 Å². The number of imide groups is 2. The molecule has 0 bridgehead atoms. The molecule has 1 unspecified atom stereocenters. The second-order valence-electron chi connectivity index (χ2n) is 9.18. The van der Waals surface area contributed by atoms with Crippen molar-refractivity contribution in [2.45, 2.75) is 51.6 Å². The van der Waals surface area contributed by atoms with Crippen molar-refractivity contribution < 1.29 is 33.1 Å². The number of halogens is 1. The molecule has 0 aromatic heterocycles. The monoisotopic (exact) mass is 473 g/mol. The van der Waals surface area contributed by atoms with Crippen LogP contribution in [-0.2, 0) is 19.1 Å². The second kappa shape index (κ2) is 9.61. The van der Waals surface area contributed by atoms with Gasteiger partial charge in [0, 0.05) is 6.42 Å². The lowest BCUT2D eigenvalue weighted by Gasteiger charge is -2.34. The molecule has 1 aromatic carbocycles. The molecule has 34 heavy (non-hydrogen) atoms. The molecule has 0 aliphatic carbocycles. The van der Waals surface area contributed by atoms with E-state index in [0.29, 0.717) is 0 Å². The summed E-state index contributed by atoms with van der Waals surface area (Å²) in [7, 11) is 0. The van der Waals surface area contributed by atoms with Gasteiger partial charge in [-0.15, -0.1) is 0 Å². The number of amides is 4. The third-order valence-electron chi connectivity index (χ3n) is 6.66. The molecule has 3 aliphatic rings.